The van der Waals surface area contributed by atoms with E-state index in [0.29, 0.717) is 20.5 Å². The first-order chi connectivity index (χ1) is 9.58. The molecule has 20 heavy (non-hydrogen) atoms. The molecule has 0 aromatic rings. The molecule has 0 N–H and O–H groups in total. The normalized spacial score (nSPS) is 22.0. The highest BCUT2D eigenvalue weighted by molar-refractivity contribution is 8.16. The Morgan fingerprint density at radius 1 is 0.450 bits per heavy atom. The minimum absolute atomic E-state index is 0.352. The van der Waals surface area contributed by atoms with Gasteiger partial charge in [0.15, 0.2) is 20.5 Å². The summed E-state index contributed by atoms with van der Waals surface area (Å²) in [4.78, 5) is 39.4. The van der Waals surface area contributed by atoms with Crippen molar-refractivity contribution in [3.8, 4) is 0 Å². The molecule has 0 aromatic heterocycles. The van der Waals surface area contributed by atoms with Gasteiger partial charge < -0.3 is 0 Å². The van der Waals surface area contributed by atoms with E-state index in [4.69, 9.17) is 0 Å². The summed E-state index contributed by atoms with van der Waals surface area (Å²) in [6.45, 7) is 0. The third kappa shape index (κ3) is 9.10. The molecule has 0 amide bonds. The molecule has 4 rings (SSSR count). The Balaban J connectivity index is 0.000000133. The second kappa shape index (κ2) is 10.8. The summed E-state index contributed by atoms with van der Waals surface area (Å²) in [6, 6.07) is 0. The molecule has 4 fully saturated rings. The average Bonchev–Trinajstić information content (AvgIpc) is 2.31. The van der Waals surface area contributed by atoms with Crippen LogP contribution in [0.2, 0.25) is 0 Å². The average molecular weight is 353 g/mol. The number of carbonyl (C=O) groups is 4. The number of hydrogen-bond donors (Lipinski definition) is 0. The van der Waals surface area contributed by atoms with Crippen molar-refractivity contribution in [3.63, 3.8) is 0 Å². The lowest BCUT2D eigenvalue weighted by atomic mass is 10.5. The predicted octanol–water partition coefficient (Wildman–Crippen LogP) is 2.60. The number of hydrogen-bond acceptors (Lipinski definition) is 8. The van der Waals surface area contributed by atoms with Gasteiger partial charge >= 0.3 is 0 Å². The fraction of sp³-hybridized carbons (Fsp3) is 0.667. The summed E-state index contributed by atoms with van der Waals surface area (Å²) < 4.78 is 0. The lowest BCUT2D eigenvalue weighted by Gasteiger charge is -2.04. The van der Waals surface area contributed by atoms with Crippen LogP contribution < -0.4 is 0 Å². The van der Waals surface area contributed by atoms with E-state index in [2.05, 4.69) is 0 Å². The van der Waals surface area contributed by atoms with E-state index < -0.39 is 0 Å². The quantitative estimate of drug-likeness (QED) is 0.659. The van der Waals surface area contributed by atoms with E-state index in [1.807, 2.05) is 0 Å². The number of thioether (sulfide) groups is 4. The molecule has 4 nitrogen and oxygen atoms in total. The van der Waals surface area contributed by atoms with E-state index in [0.717, 1.165) is 48.7 Å². The highest BCUT2D eigenvalue weighted by Crippen LogP contribution is 2.18. The molecule has 0 unspecified atom stereocenters. The maximum atomic E-state index is 9.86. The Morgan fingerprint density at radius 2 is 0.550 bits per heavy atom. The van der Waals surface area contributed by atoms with Crippen LogP contribution in [0, 0.1) is 0 Å². The van der Waals surface area contributed by atoms with Gasteiger partial charge in [-0.25, -0.2) is 0 Å². The zero-order valence-corrected chi connectivity index (χ0v) is 14.2. The van der Waals surface area contributed by atoms with E-state index in [1.54, 1.807) is 0 Å². The van der Waals surface area contributed by atoms with Gasteiger partial charge in [-0.15, -0.1) is 0 Å². The zero-order valence-electron chi connectivity index (χ0n) is 10.9. The lowest BCUT2D eigenvalue weighted by molar-refractivity contribution is -0.112. The van der Waals surface area contributed by atoms with Crippen LogP contribution in [0.5, 0.6) is 0 Å². The second-order valence-electron chi connectivity index (χ2n) is 3.88. The minimum atomic E-state index is 0.352. The van der Waals surface area contributed by atoms with Gasteiger partial charge in [0.25, 0.3) is 0 Å². The van der Waals surface area contributed by atoms with E-state index in [9.17, 15) is 19.2 Å². The standard InChI is InChI=1S/4C3H4OS/c4*4-3-1-2-5-3/h4*1-2H2. The predicted molar refractivity (Wildman–Crippen MR) is 88.3 cm³/mol. The molecule has 0 bridgehead atoms. The molecule has 112 valence electrons. The Labute approximate surface area is 135 Å². The SMILES string of the molecule is O=C1CCS1.O=C1CCS1.O=C1CCS1.O=C1CCS1. The van der Waals surface area contributed by atoms with Crippen LogP contribution in [0.25, 0.3) is 0 Å². The summed E-state index contributed by atoms with van der Waals surface area (Å²) in [5.41, 5.74) is 0. The third-order valence-corrected chi connectivity index (χ3v) is 6.01. The van der Waals surface area contributed by atoms with Gasteiger partial charge in [0.2, 0.25) is 0 Å². The van der Waals surface area contributed by atoms with Crippen LogP contribution in [0.15, 0.2) is 0 Å². The van der Waals surface area contributed by atoms with Crippen molar-refractivity contribution < 1.29 is 19.2 Å². The minimum Gasteiger partial charge on any atom is -0.287 e. The molecular weight excluding hydrogens is 336 g/mol. The largest absolute Gasteiger partial charge is 0.287 e. The molecule has 0 saturated carbocycles. The van der Waals surface area contributed by atoms with Crippen molar-refractivity contribution in [2.75, 3.05) is 23.0 Å². The number of carbonyl (C=O) groups excluding carboxylic acids is 4. The van der Waals surface area contributed by atoms with Crippen LogP contribution in [0.1, 0.15) is 25.7 Å². The van der Waals surface area contributed by atoms with Gasteiger partial charge in [0.1, 0.15) is 0 Å². The van der Waals surface area contributed by atoms with E-state index in [1.165, 1.54) is 47.0 Å². The Morgan fingerprint density at radius 3 is 0.550 bits per heavy atom. The van der Waals surface area contributed by atoms with Gasteiger partial charge in [0, 0.05) is 48.7 Å². The molecule has 4 heterocycles. The zero-order chi connectivity index (χ0) is 14.8. The van der Waals surface area contributed by atoms with E-state index in [-0.39, 0.29) is 0 Å². The monoisotopic (exact) mass is 352 g/mol. The van der Waals surface area contributed by atoms with Gasteiger partial charge in [0.05, 0.1) is 0 Å². The third-order valence-electron chi connectivity index (χ3n) is 2.28. The van der Waals surface area contributed by atoms with Crippen molar-refractivity contribution in [2.24, 2.45) is 0 Å². The molecule has 0 atom stereocenters. The summed E-state index contributed by atoms with van der Waals surface area (Å²) in [5.74, 6) is 4.22. The topological polar surface area (TPSA) is 68.3 Å². The Bertz CT molecular complexity index is 288. The highest BCUT2D eigenvalue weighted by atomic mass is 32.2. The molecule has 4 aliphatic heterocycles. The van der Waals surface area contributed by atoms with Crippen LogP contribution in [0.4, 0.5) is 0 Å². The molecule has 0 aromatic carbocycles. The second-order valence-corrected chi connectivity index (χ2v) is 8.49. The molecule has 0 spiro atoms. The fourth-order valence-electron chi connectivity index (χ4n) is 0.742. The summed E-state index contributed by atoms with van der Waals surface area (Å²) in [5, 5.41) is 1.41. The van der Waals surface area contributed by atoms with Crippen molar-refractivity contribution in [1.29, 1.82) is 0 Å². The van der Waals surface area contributed by atoms with Crippen molar-refractivity contribution in [3.05, 3.63) is 0 Å². The van der Waals surface area contributed by atoms with Crippen molar-refractivity contribution in [2.45, 2.75) is 25.7 Å². The molecule has 4 aliphatic rings. The highest BCUT2D eigenvalue weighted by Gasteiger charge is 2.12. The van der Waals surface area contributed by atoms with Crippen molar-refractivity contribution >= 4 is 67.5 Å². The molecule has 8 heteroatoms. The molecule has 0 aliphatic carbocycles. The molecule has 4 saturated heterocycles. The smallest absolute Gasteiger partial charge is 0.189 e. The molecule has 0 radical (unpaired) electrons. The van der Waals surface area contributed by atoms with Gasteiger partial charge in [-0.2, -0.15) is 0 Å². The maximum Gasteiger partial charge on any atom is 0.189 e. The number of rotatable bonds is 0. The summed E-state index contributed by atoms with van der Waals surface area (Å²) in [6.07, 6.45) is 3.24. The van der Waals surface area contributed by atoms with Crippen LogP contribution in [0.3, 0.4) is 0 Å². The van der Waals surface area contributed by atoms with Gasteiger partial charge in [-0.1, -0.05) is 47.0 Å². The van der Waals surface area contributed by atoms with Crippen LogP contribution >= 0.6 is 47.0 Å². The van der Waals surface area contributed by atoms with Gasteiger partial charge in [-0.05, 0) is 0 Å². The Hall–Kier alpha value is 0.0800. The van der Waals surface area contributed by atoms with Gasteiger partial charge in [-0.3, -0.25) is 19.2 Å². The Kier molecular flexibility index (Phi) is 9.75. The van der Waals surface area contributed by atoms with Crippen LogP contribution in [-0.2, 0) is 19.2 Å². The van der Waals surface area contributed by atoms with Crippen molar-refractivity contribution in [1.82, 2.24) is 0 Å². The summed E-state index contributed by atoms with van der Waals surface area (Å²) in [7, 11) is 0. The fourth-order valence-corrected chi connectivity index (χ4v) is 2.22. The summed E-state index contributed by atoms with van der Waals surface area (Å²) >= 11 is 5.69. The van der Waals surface area contributed by atoms with E-state index >= 15 is 0 Å². The molecular formula is C12H16O4S4. The first-order valence-electron chi connectivity index (χ1n) is 6.20. The first-order valence-corrected chi connectivity index (χ1v) is 10.1. The lowest BCUT2D eigenvalue weighted by Crippen LogP contribution is -2.04. The maximum absolute atomic E-state index is 9.86. The van der Waals surface area contributed by atoms with Crippen LogP contribution in [-0.4, -0.2) is 43.5 Å². The first kappa shape index (κ1) is 18.1.